The lowest BCUT2D eigenvalue weighted by molar-refractivity contribution is 0.0696. The third kappa shape index (κ3) is 2.49. The standard InChI is InChI=1S/C13H21N3O2/c1-4-7-16(8-10-5-6-10)12-11(13(17)18)9(2)14-15(12)3/h10H,4-8H2,1-3H3,(H,17,18). The van der Waals surface area contributed by atoms with Crippen LogP contribution in [-0.4, -0.2) is 33.9 Å². The number of carboxylic acid groups (broad SMARTS) is 1. The quantitative estimate of drug-likeness (QED) is 0.840. The molecule has 1 aliphatic carbocycles. The summed E-state index contributed by atoms with van der Waals surface area (Å²) < 4.78 is 1.71. The van der Waals surface area contributed by atoms with Gasteiger partial charge < -0.3 is 10.0 Å². The fraction of sp³-hybridized carbons (Fsp3) is 0.692. The first-order chi connectivity index (χ1) is 8.54. The van der Waals surface area contributed by atoms with Crippen LogP contribution in [0.5, 0.6) is 0 Å². The molecule has 1 fully saturated rings. The SMILES string of the molecule is CCCN(CC1CC1)c1c(C(=O)O)c(C)nn1C. The number of aromatic carboxylic acids is 1. The Morgan fingerprint density at radius 2 is 2.22 bits per heavy atom. The van der Waals surface area contributed by atoms with Crippen molar-refractivity contribution in [1.29, 1.82) is 0 Å². The number of anilines is 1. The van der Waals surface area contributed by atoms with Crippen molar-refractivity contribution in [3.63, 3.8) is 0 Å². The third-order valence-corrected chi connectivity index (χ3v) is 3.37. The van der Waals surface area contributed by atoms with Crippen LogP contribution in [-0.2, 0) is 7.05 Å². The van der Waals surface area contributed by atoms with Crippen LogP contribution in [0.4, 0.5) is 5.82 Å². The van der Waals surface area contributed by atoms with Gasteiger partial charge in [0.1, 0.15) is 11.4 Å². The van der Waals surface area contributed by atoms with Gasteiger partial charge in [-0.05, 0) is 32.1 Å². The first kappa shape index (κ1) is 12.9. The molecule has 0 bridgehead atoms. The molecule has 5 nitrogen and oxygen atoms in total. The predicted octanol–water partition coefficient (Wildman–Crippen LogP) is 2.05. The van der Waals surface area contributed by atoms with E-state index in [2.05, 4.69) is 16.9 Å². The zero-order chi connectivity index (χ0) is 13.3. The molecule has 100 valence electrons. The first-order valence-electron chi connectivity index (χ1n) is 6.56. The number of carbonyl (C=O) groups is 1. The molecule has 1 aromatic rings. The predicted molar refractivity (Wildman–Crippen MR) is 70.1 cm³/mol. The Labute approximate surface area is 107 Å². The maximum atomic E-state index is 11.4. The van der Waals surface area contributed by atoms with Gasteiger partial charge in [-0.15, -0.1) is 0 Å². The number of carboxylic acids is 1. The summed E-state index contributed by atoms with van der Waals surface area (Å²) in [5, 5.41) is 13.6. The molecule has 18 heavy (non-hydrogen) atoms. The van der Waals surface area contributed by atoms with Crippen molar-refractivity contribution in [3.05, 3.63) is 11.3 Å². The molecule has 2 rings (SSSR count). The molecule has 0 radical (unpaired) electrons. The summed E-state index contributed by atoms with van der Waals surface area (Å²) in [6.45, 7) is 5.71. The van der Waals surface area contributed by atoms with Gasteiger partial charge in [0.2, 0.25) is 0 Å². The number of hydrogen-bond acceptors (Lipinski definition) is 3. The second kappa shape index (κ2) is 5.00. The minimum Gasteiger partial charge on any atom is -0.477 e. The maximum Gasteiger partial charge on any atom is 0.341 e. The van der Waals surface area contributed by atoms with Crippen LogP contribution in [0.1, 0.15) is 42.2 Å². The zero-order valence-corrected chi connectivity index (χ0v) is 11.3. The Balaban J connectivity index is 2.34. The molecular weight excluding hydrogens is 230 g/mol. The van der Waals surface area contributed by atoms with Gasteiger partial charge in [0, 0.05) is 20.1 Å². The average Bonchev–Trinajstić information content (AvgIpc) is 3.02. The lowest BCUT2D eigenvalue weighted by atomic mass is 10.2. The molecule has 5 heteroatoms. The summed E-state index contributed by atoms with van der Waals surface area (Å²) >= 11 is 0. The number of aromatic nitrogens is 2. The molecule has 0 saturated heterocycles. The van der Waals surface area contributed by atoms with Gasteiger partial charge in [0.05, 0.1) is 5.69 Å². The van der Waals surface area contributed by atoms with Crippen LogP contribution in [0.2, 0.25) is 0 Å². The molecule has 1 N–H and O–H groups in total. The summed E-state index contributed by atoms with van der Waals surface area (Å²) in [6, 6.07) is 0. The highest BCUT2D eigenvalue weighted by molar-refractivity contribution is 5.94. The zero-order valence-electron chi connectivity index (χ0n) is 11.3. The van der Waals surface area contributed by atoms with Crippen molar-refractivity contribution >= 4 is 11.8 Å². The average molecular weight is 251 g/mol. The van der Waals surface area contributed by atoms with Crippen molar-refractivity contribution in [1.82, 2.24) is 9.78 Å². The largest absolute Gasteiger partial charge is 0.477 e. The number of rotatable bonds is 6. The fourth-order valence-corrected chi connectivity index (χ4v) is 2.42. The van der Waals surface area contributed by atoms with Gasteiger partial charge in [0.15, 0.2) is 0 Å². The highest BCUT2D eigenvalue weighted by Crippen LogP contribution is 2.33. The summed E-state index contributed by atoms with van der Waals surface area (Å²) in [6.07, 6.45) is 3.54. The molecule has 0 aliphatic heterocycles. The van der Waals surface area contributed by atoms with Crippen LogP contribution in [0, 0.1) is 12.8 Å². The lowest BCUT2D eigenvalue weighted by Gasteiger charge is -2.24. The van der Waals surface area contributed by atoms with Crippen molar-refractivity contribution in [2.45, 2.75) is 33.1 Å². The summed E-state index contributed by atoms with van der Waals surface area (Å²) in [5.74, 6) is 0.606. The van der Waals surface area contributed by atoms with Gasteiger partial charge in [-0.3, -0.25) is 4.68 Å². The van der Waals surface area contributed by atoms with E-state index in [-0.39, 0.29) is 0 Å². The minimum absolute atomic E-state index is 0.353. The summed E-state index contributed by atoms with van der Waals surface area (Å²) in [4.78, 5) is 13.6. The molecule has 0 unspecified atom stereocenters. The lowest BCUT2D eigenvalue weighted by Crippen LogP contribution is -2.30. The Morgan fingerprint density at radius 1 is 1.56 bits per heavy atom. The molecule has 0 aromatic carbocycles. The fourth-order valence-electron chi connectivity index (χ4n) is 2.42. The van der Waals surface area contributed by atoms with Gasteiger partial charge in [-0.1, -0.05) is 6.92 Å². The van der Waals surface area contributed by atoms with E-state index in [1.54, 1.807) is 11.6 Å². The van der Waals surface area contributed by atoms with E-state index in [1.807, 2.05) is 7.05 Å². The van der Waals surface area contributed by atoms with Gasteiger partial charge in [0.25, 0.3) is 0 Å². The molecule has 0 atom stereocenters. The number of aryl methyl sites for hydroxylation is 2. The Hall–Kier alpha value is -1.52. The van der Waals surface area contributed by atoms with Crippen molar-refractivity contribution in [2.75, 3.05) is 18.0 Å². The molecule has 1 saturated carbocycles. The highest BCUT2D eigenvalue weighted by Gasteiger charge is 2.29. The smallest absolute Gasteiger partial charge is 0.341 e. The molecule has 1 heterocycles. The van der Waals surface area contributed by atoms with Crippen molar-refractivity contribution < 1.29 is 9.90 Å². The van der Waals surface area contributed by atoms with Crippen molar-refractivity contribution in [3.8, 4) is 0 Å². The molecule has 1 aromatic heterocycles. The Morgan fingerprint density at radius 3 is 2.72 bits per heavy atom. The Kier molecular flexibility index (Phi) is 3.59. The van der Waals surface area contributed by atoms with Gasteiger partial charge in [-0.2, -0.15) is 5.10 Å². The van der Waals surface area contributed by atoms with Crippen LogP contribution >= 0.6 is 0 Å². The molecule has 0 spiro atoms. The van der Waals surface area contributed by atoms with E-state index in [9.17, 15) is 9.90 Å². The number of hydrogen-bond donors (Lipinski definition) is 1. The van der Waals surface area contributed by atoms with E-state index in [0.29, 0.717) is 11.3 Å². The maximum absolute atomic E-state index is 11.4. The summed E-state index contributed by atoms with van der Waals surface area (Å²) in [5.41, 5.74) is 0.948. The van der Waals surface area contributed by atoms with Gasteiger partial charge in [-0.25, -0.2) is 4.79 Å². The normalized spacial score (nSPS) is 14.8. The van der Waals surface area contributed by atoms with E-state index < -0.39 is 5.97 Å². The summed E-state index contributed by atoms with van der Waals surface area (Å²) in [7, 11) is 1.82. The van der Waals surface area contributed by atoms with Gasteiger partial charge >= 0.3 is 5.97 Å². The first-order valence-corrected chi connectivity index (χ1v) is 6.56. The Bertz CT molecular complexity index is 449. The molecular formula is C13H21N3O2. The second-order valence-corrected chi connectivity index (χ2v) is 5.10. The van der Waals surface area contributed by atoms with Crippen LogP contribution < -0.4 is 4.90 Å². The molecule has 0 amide bonds. The van der Waals surface area contributed by atoms with E-state index >= 15 is 0 Å². The van der Waals surface area contributed by atoms with Crippen LogP contribution in [0.25, 0.3) is 0 Å². The van der Waals surface area contributed by atoms with E-state index in [4.69, 9.17) is 0 Å². The van der Waals surface area contributed by atoms with E-state index in [0.717, 1.165) is 31.2 Å². The minimum atomic E-state index is -0.882. The molecule has 1 aliphatic rings. The van der Waals surface area contributed by atoms with E-state index in [1.165, 1.54) is 12.8 Å². The number of nitrogens with zero attached hydrogens (tertiary/aromatic N) is 3. The topological polar surface area (TPSA) is 58.4 Å². The monoisotopic (exact) mass is 251 g/mol. The van der Waals surface area contributed by atoms with Crippen molar-refractivity contribution in [2.24, 2.45) is 13.0 Å². The second-order valence-electron chi connectivity index (χ2n) is 5.10. The van der Waals surface area contributed by atoms with Crippen LogP contribution in [0.3, 0.4) is 0 Å². The third-order valence-electron chi connectivity index (χ3n) is 3.37. The van der Waals surface area contributed by atoms with Crippen LogP contribution in [0.15, 0.2) is 0 Å². The highest BCUT2D eigenvalue weighted by atomic mass is 16.4.